The third-order valence-corrected chi connectivity index (χ3v) is 3.23. The number of aliphatic hydroxyl groups is 1. The molecule has 0 saturated carbocycles. The zero-order valence-electron chi connectivity index (χ0n) is 9.57. The Labute approximate surface area is 100 Å². The van der Waals surface area contributed by atoms with Crippen molar-refractivity contribution in [3.8, 4) is 0 Å². The van der Waals surface area contributed by atoms with Gasteiger partial charge in [0.15, 0.2) is 0 Å². The molecule has 0 aliphatic rings. The fourth-order valence-corrected chi connectivity index (χ4v) is 2.27. The van der Waals surface area contributed by atoms with Gasteiger partial charge in [0.05, 0.1) is 6.61 Å². The number of nitrogens with zero attached hydrogens (tertiary/aromatic N) is 1. The summed E-state index contributed by atoms with van der Waals surface area (Å²) >= 11 is 6.01. The van der Waals surface area contributed by atoms with E-state index in [4.69, 9.17) is 11.6 Å². The van der Waals surface area contributed by atoms with Crippen LogP contribution in [-0.2, 0) is 6.54 Å². The predicted octanol–water partition coefficient (Wildman–Crippen LogP) is 3.41. The summed E-state index contributed by atoms with van der Waals surface area (Å²) in [4.78, 5) is 0. The number of hydrogen-bond donors (Lipinski definition) is 1. The molecule has 0 radical (unpaired) electrons. The first kappa shape index (κ1) is 11.5. The molecular weight excluding hydrogens is 222 g/mol. The van der Waals surface area contributed by atoms with E-state index in [1.807, 2.05) is 25.1 Å². The second kappa shape index (κ2) is 4.48. The molecular formula is C13H16ClNO. The molecule has 3 heteroatoms. The van der Waals surface area contributed by atoms with Crippen LogP contribution in [0.3, 0.4) is 0 Å². The third kappa shape index (κ3) is 1.83. The van der Waals surface area contributed by atoms with Crippen molar-refractivity contribution in [1.82, 2.24) is 4.57 Å². The van der Waals surface area contributed by atoms with E-state index in [0.717, 1.165) is 17.1 Å². The molecule has 16 heavy (non-hydrogen) atoms. The largest absolute Gasteiger partial charge is 0.396 e. The number of fused-ring (bicyclic) bond motifs is 1. The minimum absolute atomic E-state index is 0.158. The Morgan fingerprint density at radius 3 is 2.75 bits per heavy atom. The van der Waals surface area contributed by atoms with Gasteiger partial charge in [-0.3, -0.25) is 0 Å². The smallest absolute Gasteiger partial charge is 0.0511 e. The second-order valence-corrected chi connectivity index (χ2v) is 4.54. The Hall–Kier alpha value is -0.990. The third-order valence-electron chi connectivity index (χ3n) is 2.99. The van der Waals surface area contributed by atoms with Crippen LogP contribution in [-0.4, -0.2) is 16.3 Å². The van der Waals surface area contributed by atoms with Crippen LogP contribution in [0.5, 0.6) is 0 Å². The summed E-state index contributed by atoms with van der Waals surface area (Å²) in [6.07, 6.45) is 0. The average molecular weight is 238 g/mol. The van der Waals surface area contributed by atoms with Crippen molar-refractivity contribution in [2.24, 2.45) is 0 Å². The van der Waals surface area contributed by atoms with Gasteiger partial charge in [0, 0.05) is 28.7 Å². The highest BCUT2D eigenvalue weighted by Gasteiger charge is 2.13. The van der Waals surface area contributed by atoms with Crippen molar-refractivity contribution in [3.05, 3.63) is 35.0 Å². The number of hydrogen-bond acceptors (Lipinski definition) is 1. The van der Waals surface area contributed by atoms with E-state index in [9.17, 15) is 5.11 Å². The maximum atomic E-state index is 9.25. The maximum Gasteiger partial charge on any atom is 0.0511 e. The van der Waals surface area contributed by atoms with E-state index in [1.165, 1.54) is 11.1 Å². The summed E-state index contributed by atoms with van der Waals surface area (Å²) < 4.78 is 2.21. The van der Waals surface area contributed by atoms with Crippen LogP contribution >= 0.6 is 11.6 Å². The van der Waals surface area contributed by atoms with Crippen molar-refractivity contribution in [1.29, 1.82) is 0 Å². The Balaban J connectivity index is 2.66. The molecule has 1 unspecified atom stereocenters. The van der Waals surface area contributed by atoms with Gasteiger partial charge in [-0.05, 0) is 30.5 Å². The minimum Gasteiger partial charge on any atom is -0.396 e. The van der Waals surface area contributed by atoms with Gasteiger partial charge in [0.2, 0.25) is 0 Å². The molecule has 1 heterocycles. The number of benzene rings is 1. The minimum atomic E-state index is 0.158. The van der Waals surface area contributed by atoms with E-state index < -0.39 is 0 Å². The standard InChI is InChI=1S/C13H16ClNO/c1-3-15-12(9(2)8-16)6-10-4-5-11(14)7-13(10)15/h4-7,9,16H,3,8H2,1-2H3. The summed E-state index contributed by atoms with van der Waals surface area (Å²) in [6.45, 7) is 5.20. The molecule has 0 fully saturated rings. The summed E-state index contributed by atoms with van der Waals surface area (Å²) in [5.74, 6) is 0.158. The number of aliphatic hydroxyl groups excluding tert-OH is 1. The molecule has 0 amide bonds. The maximum absolute atomic E-state index is 9.25. The van der Waals surface area contributed by atoms with Gasteiger partial charge < -0.3 is 9.67 Å². The van der Waals surface area contributed by atoms with E-state index in [-0.39, 0.29) is 12.5 Å². The highest BCUT2D eigenvalue weighted by Crippen LogP contribution is 2.27. The Morgan fingerprint density at radius 1 is 1.38 bits per heavy atom. The molecule has 1 atom stereocenters. The van der Waals surface area contributed by atoms with Crippen LogP contribution in [0.4, 0.5) is 0 Å². The lowest BCUT2D eigenvalue weighted by atomic mass is 10.1. The van der Waals surface area contributed by atoms with Crippen molar-refractivity contribution >= 4 is 22.5 Å². The quantitative estimate of drug-likeness (QED) is 0.870. The summed E-state index contributed by atoms with van der Waals surface area (Å²) in [5, 5.41) is 11.2. The molecule has 0 saturated heterocycles. The zero-order chi connectivity index (χ0) is 11.7. The van der Waals surface area contributed by atoms with Crippen LogP contribution in [0.2, 0.25) is 5.02 Å². The monoisotopic (exact) mass is 237 g/mol. The molecule has 0 aliphatic heterocycles. The highest BCUT2D eigenvalue weighted by molar-refractivity contribution is 6.31. The van der Waals surface area contributed by atoms with Crippen LogP contribution < -0.4 is 0 Å². The van der Waals surface area contributed by atoms with Gasteiger partial charge in [-0.15, -0.1) is 0 Å². The number of aromatic nitrogens is 1. The SMILES string of the molecule is CCn1c(C(C)CO)cc2ccc(Cl)cc21. The van der Waals surface area contributed by atoms with Gasteiger partial charge in [0.1, 0.15) is 0 Å². The molecule has 0 spiro atoms. The number of aryl methyl sites for hydroxylation is 1. The van der Waals surface area contributed by atoms with E-state index in [0.29, 0.717) is 0 Å². The van der Waals surface area contributed by atoms with Crippen LogP contribution in [0, 0.1) is 0 Å². The summed E-state index contributed by atoms with van der Waals surface area (Å²) in [5.41, 5.74) is 2.31. The van der Waals surface area contributed by atoms with Crippen LogP contribution in [0.15, 0.2) is 24.3 Å². The fraction of sp³-hybridized carbons (Fsp3) is 0.385. The molecule has 0 aliphatic carbocycles. The molecule has 1 N–H and O–H groups in total. The Morgan fingerprint density at radius 2 is 2.12 bits per heavy atom. The highest BCUT2D eigenvalue weighted by atomic mass is 35.5. The first-order valence-electron chi connectivity index (χ1n) is 5.57. The van der Waals surface area contributed by atoms with Gasteiger partial charge in [-0.1, -0.05) is 24.6 Å². The van der Waals surface area contributed by atoms with Crippen LogP contribution in [0.1, 0.15) is 25.5 Å². The van der Waals surface area contributed by atoms with E-state index in [1.54, 1.807) is 0 Å². The molecule has 1 aromatic heterocycles. The normalized spacial score (nSPS) is 13.2. The van der Waals surface area contributed by atoms with E-state index >= 15 is 0 Å². The Bertz CT molecular complexity index is 504. The van der Waals surface area contributed by atoms with Crippen LogP contribution in [0.25, 0.3) is 10.9 Å². The van der Waals surface area contributed by atoms with E-state index in [2.05, 4.69) is 17.6 Å². The molecule has 2 nitrogen and oxygen atoms in total. The predicted molar refractivity (Wildman–Crippen MR) is 68.1 cm³/mol. The lowest BCUT2D eigenvalue weighted by Gasteiger charge is -2.12. The van der Waals surface area contributed by atoms with Crippen molar-refractivity contribution in [3.63, 3.8) is 0 Å². The molecule has 2 aromatic rings. The summed E-state index contributed by atoms with van der Waals surface area (Å²) in [6, 6.07) is 8.04. The van der Waals surface area contributed by atoms with Gasteiger partial charge in [-0.25, -0.2) is 0 Å². The lowest BCUT2D eigenvalue weighted by Crippen LogP contribution is -2.07. The first-order chi connectivity index (χ1) is 7.67. The average Bonchev–Trinajstić information content (AvgIpc) is 2.65. The topological polar surface area (TPSA) is 25.2 Å². The van der Waals surface area contributed by atoms with Crippen molar-refractivity contribution < 1.29 is 5.11 Å². The Kier molecular flexibility index (Phi) is 3.22. The molecule has 86 valence electrons. The second-order valence-electron chi connectivity index (χ2n) is 4.10. The zero-order valence-corrected chi connectivity index (χ0v) is 10.3. The van der Waals surface area contributed by atoms with Crippen molar-refractivity contribution in [2.45, 2.75) is 26.3 Å². The van der Waals surface area contributed by atoms with Gasteiger partial charge >= 0.3 is 0 Å². The molecule has 0 bridgehead atoms. The fourth-order valence-electron chi connectivity index (χ4n) is 2.10. The lowest BCUT2D eigenvalue weighted by molar-refractivity contribution is 0.269. The molecule has 2 rings (SSSR count). The first-order valence-corrected chi connectivity index (χ1v) is 5.94. The number of rotatable bonds is 3. The van der Waals surface area contributed by atoms with Gasteiger partial charge in [-0.2, -0.15) is 0 Å². The summed E-state index contributed by atoms with van der Waals surface area (Å²) in [7, 11) is 0. The van der Waals surface area contributed by atoms with Crippen molar-refractivity contribution in [2.75, 3.05) is 6.61 Å². The van der Waals surface area contributed by atoms with Gasteiger partial charge in [0.25, 0.3) is 0 Å². The molecule has 1 aromatic carbocycles. The number of halogens is 1.